The molecule has 0 spiro atoms. The van der Waals surface area contributed by atoms with Crippen molar-refractivity contribution in [3.63, 3.8) is 0 Å². The van der Waals surface area contributed by atoms with E-state index in [1.165, 1.54) is 0 Å². The van der Waals surface area contributed by atoms with E-state index >= 15 is 0 Å². The number of anilines is 2. The highest BCUT2D eigenvalue weighted by atomic mass is 16.5. The van der Waals surface area contributed by atoms with E-state index in [1.54, 1.807) is 25.6 Å². The summed E-state index contributed by atoms with van der Waals surface area (Å²) in [6.07, 6.45) is 9.78. The Morgan fingerprint density at radius 2 is 2.15 bits per heavy atom. The second-order valence-electron chi connectivity index (χ2n) is 7.35. The number of aromatic amines is 1. The van der Waals surface area contributed by atoms with Crippen LogP contribution < -0.4 is 15.0 Å². The van der Waals surface area contributed by atoms with Gasteiger partial charge in [0.25, 0.3) is 0 Å². The summed E-state index contributed by atoms with van der Waals surface area (Å²) in [6, 6.07) is 1.75. The molecule has 0 radical (unpaired) electrons. The lowest BCUT2D eigenvalue weighted by molar-refractivity contribution is -0.119. The van der Waals surface area contributed by atoms with Crippen LogP contribution in [0.3, 0.4) is 0 Å². The van der Waals surface area contributed by atoms with Crippen LogP contribution in [0.15, 0.2) is 18.5 Å². The molecule has 2 N–H and O–H groups in total. The van der Waals surface area contributed by atoms with Crippen LogP contribution in [0.2, 0.25) is 0 Å². The van der Waals surface area contributed by atoms with Gasteiger partial charge in [-0.05, 0) is 25.7 Å². The number of nitrogens with one attached hydrogen (secondary N) is 2. The molecule has 1 atom stereocenters. The van der Waals surface area contributed by atoms with Crippen molar-refractivity contribution in [2.75, 3.05) is 30.4 Å². The molecular weight excluding hydrogens is 344 g/mol. The van der Waals surface area contributed by atoms with Crippen molar-refractivity contribution in [2.45, 2.75) is 44.4 Å². The highest BCUT2D eigenvalue weighted by molar-refractivity contribution is 5.93. The molecule has 1 saturated heterocycles. The van der Waals surface area contributed by atoms with Crippen LogP contribution in [0.5, 0.6) is 5.88 Å². The minimum Gasteiger partial charge on any atom is -0.481 e. The fourth-order valence-electron chi connectivity index (χ4n) is 4.12. The van der Waals surface area contributed by atoms with E-state index in [4.69, 9.17) is 4.74 Å². The lowest BCUT2D eigenvalue weighted by Gasteiger charge is -2.32. The molecule has 27 heavy (non-hydrogen) atoms. The van der Waals surface area contributed by atoms with E-state index < -0.39 is 0 Å². The number of rotatable bonds is 5. The number of ether oxygens (including phenoxy) is 1. The van der Waals surface area contributed by atoms with Crippen molar-refractivity contribution in [2.24, 2.45) is 5.92 Å². The van der Waals surface area contributed by atoms with Crippen molar-refractivity contribution in [1.82, 2.24) is 20.2 Å². The topological polar surface area (TPSA) is 96.0 Å². The first-order valence-electron chi connectivity index (χ1n) is 9.70. The maximum atomic E-state index is 12.5. The SMILES string of the molecule is COc1ccnc(N2CCC[C@@H](c3[nH]ncc3NC(=O)C3CCCC3)C2)n1. The number of carbonyl (C=O) groups excluding carboxylic acids is 1. The van der Waals surface area contributed by atoms with Crippen LogP contribution in [-0.2, 0) is 4.79 Å². The van der Waals surface area contributed by atoms with Gasteiger partial charge in [-0.25, -0.2) is 4.98 Å². The quantitative estimate of drug-likeness (QED) is 0.840. The fourth-order valence-corrected chi connectivity index (χ4v) is 4.12. The van der Waals surface area contributed by atoms with Gasteiger partial charge in [0.05, 0.1) is 24.7 Å². The molecule has 2 aromatic heterocycles. The summed E-state index contributed by atoms with van der Waals surface area (Å²) in [6.45, 7) is 1.68. The van der Waals surface area contributed by atoms with Gasteiger partial charge in [0.2, 0.25) is 17.7 Å². The summed E-state index contributed by atoms with van der Waals surface area (Å²) in [5, 5.41) is 10.4. The zero-order valence-electron chi connectivity index (χ0n) is 15.6. The minimum absolute atomic E-state index is 0.124. The fraction of sp³-hybridized carbons (Fsp3) is 0.579. The second kappa shape index (κ2) is 7.94. The number of aromatic nitrogens is 4. The van der Waals surface area contributed by atoms with Crippen LogP contribution in [0.25, 0.3) is 0 Å². The summed E-state index contributed by atoms with van der Waals surface area (Å²) >= 11 is 0. The largest absolute Gasteiger partial charge is 0.481 e. The average molecular weight is 370 g/mol. The maximum Gasteiger partial charge on any atom is 0.228 e. The molecule has 2 aromatic rings. The predicted molar refractivity (Wildman–Crippen MR) is 102 cm³/mol. The number of carbonyl (C=O) groups is 1. The van der Waals surface area contributed by atoms with Crippen molar-refractivity contribution in [3.05, 3.63) is 24.2 Å². The molecule has 1 amide bonds. The maximum absolute atomic E-state index is 12.5. The van der Waals surface area contributed by atoms with Crippen LogP contribution in [0, 0.1) is 5.92 Å². The molecule has 0 bridgehead atoms. The van der Waals surface area contributed by atoms with Crippen LogP contribution >= 0.6 is 0 Å². The lowest BCUT2D eigenvalue weighted by Crippen LogP contribution is -2.36. The molecule has 2 fully saturated rings. The number of H-pyrrole nitrogens is 1. The second-order valence-corrected chi connectivity index (χ2v) is 7.35. The number of hydrogen-bond donors (Lipinski definition) is 2. The van der Waals surface area contributed by atoms with Gasteiger partial charge in [-0.15, -0.1) is 0 Å². The van der Waals surface area contributed by atoms with E-state index in [9.17, 15) is 4.79 Å². The van der Waals surface area contributed by atoms with Gasteiger partial charge in [-0.3, -0.25) is 9.89 Å². The average Bonchev–Trinajstić information content (AvgIpc) is 3.40. The molecule has 1 aliphatic carbocycles. The van der Waals surface area contributed by atoms with Crippen molar-refractivity contribution >= 4 is 17.5 Å². The highest BCUT2D eigenvalue weighted by Crippen LogP contribution is 2.33. The van der Waals surface area contributed by atoms with Gasteiger partial charge in [-0.1, -0.05) is 12.8 Å². The van der Waals surface area contributed by atoms with E-state index in [-0.39, 0.29) is 17.7 Å². The third-order valence-corrected chi connectivity index (χ3v) is 5.59. The Kier molecular flexibility index (Phi) is 5.22. The molecule has 2 aliphatic rings. The molecule has 8 heteroatoms. The molecule has 3 heterocycles. The molecule has 1 aliphatic heterocycles. The van der Waals surface area contributed by atoms with Crippen LogP contribution in [-0.4, -0.2) is 46.3 Å². The smallest absolute Gasteiger partial charge is 0.228 e. The Balaban J connectivity index is 1.47. The normalized spacial score (nSPS) is 20.6. The third kappa shape index (κ3) is 3.89. The standard InChI is InChI=1S/C19H26N6O2/c1-27-16-8-9-20-19(23-16)25-10-4-7-14(12-25)17-15(11-21-24-17)22-18(26)13-5-2-3-6-13/h8-9,11,13-14H,2-7,10,12H2,1H3,(H,21,24)(H,22,26)/t14-/m1/s1. The van der Waals surface area contributed by atoms with E-state index in [2.05, 4.69) is 30.4 Å². The summed E-state index contributed by atoms with van der Waals surface area (Å²) in [5.74, 6) is 1.75. The van der Waals surface area contributed by atoms with Crippen molar-refractivity contribution in [3.8, 4) is 5.88 Å². The minimum atomic E-state index is 0.124. The van der Waals surface area contributed by atoms with Gasteiger partial charge in [0, 0.05) is 37.2 Å². The van der Waals surface area contributed by atoms with Gasteiger partial charge < -0.3 is 15.0 Å². The first-order valence-corrected chi connectivity index (χ1v) is 9.70. The number of hydrogen-bond acceptors (Lipinski definition) is 6. The summed E-state index contributed by atoms with van der Waals surface area (Å²) in [4.78, 5) is 23.5. The molecular formula is C19H26N6O2. The first-order chi connectivity index (χ1) is 13.2. The molecule has 0 unspecified atom stereocenters. The highest BCUT2D eigenvalue weighted by Gasteiger charge is 2.28. The number of amides is 1. The third-order valence-electron chi connectivity index (χ3n) is 5.59. The molecule has 0 aromatic carbocycles. The summed E-state index contributed by atoms with van der Waals surface area (Å²) < 4.78 is 5.21. The van der Waals surface area contributed by atoms with Crippen molar-refractivity contribution in [1.29, 1.82) is 0 Å². The van der Waals surface area contributed by atoms with E-state index in [1.807, 2.05) is 0 Å². The monoisotopic (exact) mass is 370 g/mol. The zero-order chi connectivity index (χ0) is 18.6. The molecule has 144 valence electrons. The summed E-state index contributed by atoms with van der Waals surface area (Å²) in [7, 11) is 1.61. The zero-order valence-corrected chi connectivity index (χ0v) is 15.6. The Morgan fingerprint density at radius 1 is 1.30 bits per heavy atom. The van der Waals surface area contributed by atoms with Gasteiger partial charge in [0.15, 0.2) is 0 Å². The Bertz CT molecular complexity index is 786. The molecule has 8 nitrogen and oxygen atoms in total. The van der Waals surface area contributed by atoms with Gasteiger partial charge >= 0.3 is 0 Å². The Labute approximate surface area is 158 Å². The van der Waals surface area contributed by atoms with Gasteiger partial charge in [-0.2, -0.15) is 10.1 Å². The first kappa shape index (κ1) is 17.8. The lowest BCUT2D eigenvalue weighted by atomic mass is 9.94. The van der Waals surface area contributed by atoms with Crippen molar-refractivity contribution < 1.29 is 9.53 Å². The van der Waals surface area contributed by atoms with Crippen LogP contribution in [0.4, 0.5) is 11.6 Å². The van der Waals surface area contributed by atoms with E-state index in [0.29, 0.717) is 11.8 Å². The summed E-state index contributed by atoms with van der Waals surface area (Å²) in [5.41, 5.74) is 1.80. The van der Waals surface area contributed by atoms with Crippen LogP contribution in [0.1, 0.15) is 50.1 Å². The number of nitrogens with zero attached hydrogens (tertiary/aromatic N) is 4. The Hall–Kier alpha value is -2.64. The Morgan fingerprint density at radius 3 is 2.96 bits per heavy atom. The number of piperidine rings is 1. The molecule has 4 rings (SSSR count). The number of methoxy groups -OCH3 is 1. The predicted octanol–water partition coefficient (Wildman–Crippen LogP) is 2.72. The van der Waals surface area contributed by atoms with Gasteiger partial charge in [0.1, 0.15) is 0 Å². The van der Waals surface area contributed by atoms with E-state index in [0.717, 1.165) is 63.0 Å². The molecule has 1 saturated carbocycles.